The van der Waals surface area contributed by atoms with E-state index >= 15 is 0 Å². The summed E-state index contributed by atoms with van der Waals surface area (Å²) < 4.78 is 1.78. The largest absolute Gasteiger partial charge is 0.353 e. The molecule has 0 bridgehead atoms. The van der Waals surface area contributed by atoms with Crippen LogP contribution in [0.2, 0.25) is 0 Å². The normalized spacial score (nSPS) is 20.0. The summed E-state index contributed by atoms with van der Waals surface area (Å²) in [5.41, 5.74) is 1.85. The first kappa shape index (κ1) is 20.1. The molecule has 29 heavy (non-hydrogen) atoms. The standard InChI is InChI=1S/C23H33N5O/c29-22(9-6-14-28-19-24-18-25-28)26-21-10-15-27(16-11-21)17-23(12-4-5-13-23)20-7-2-1-3-8-20/h1-3,7-8,18-19,21H,4-6,9-17H2,(H,26,29). The van der Waals surface area contributed by atoms with Crippen LogP contribution < -0.4 is 5.32 Å². The van der Waals surface area contributed by atoms with Gasteiger partial charge in [0.2, 0.25) is 5.91 Å². The average Bonchev–Trinajstić information content (AvgIpc) is 3.43. The zero-order valence-corrected chi connectivity index (χ0v) is 17.3. The topological polar surface area (TPSA) is 63.1 Å². The molecule has 156 valence electrons. The van der Waals surface area contributed by atoms with Gasteiger partial charge in [-0.1, -0.05) is 43.2 Å². The van der Waals surface area contributed by atoms with Crippen LogP contribution in [0.5, 0.6) is 0 Å². The number of likely N-dealkylation sites (tertiary alicyclic amines) is 1. The van der Waals surface area contributed by atoms with Crippen LogP contribution >= 0.6 is 0 Å². The first-order valence-corrected chi connectivity index (χ1v) is 11.1. The summed E-state index contributed by atoms with van der Waals surface area (Å²) in [4.78, 5) is 18.8. The number of piperidine rings is 1. The van der Waals surface area contributed by atoms with Crippen molar-refractivity contribution < 1.29 is 4.79 Å². The highest BCUT2D eigenvalue weighted by Gasteiger charge is 2.37. The molecule has 2 aliphatic rings. The Balaban J connectivity index is 1.21. The Morgan fingerprint density at radius 3 is 2.59 bits per heavy atom. The number of nitrogens with one attached hydrogen (secondary N) is 1. The third-order valence-electron chi connectivity index (χ3n) is 6.68. The van der Waals surface area contributed by atoms with Crippen molar-refractivity contribution in [1.82, 2.24) is 25.0 Å². The van der Waals surface area contributed by atoms with Gasteiger partial charge in [0.1, 0.15) is 12.7 Å². The van der Waals surface area contributed by atoms with Gasteiger partial charge < -0.3 is 10.2 Å². The van der Waals surface area contributed by atoms with E-state index < -0.39 is 0 Å². The first-order valence-electron chi connectivity index (χ1n) is 11.1. The molecule has 1 saturated heterocycles. The van der Waals surface area contributed by atoms with Crippen LogP contribution in [0.3, 0.4) is 0 Å². The zero-order chi connectivity index (χ0) is 19.9. The molecular formula is C23H33N5O. The van der Waals surface area contributed by atoms with Crippen molar-refractivity contribution >= 4 is 5.91 Å². The Hall–Kier alpha value is -2.21. The molecule has 1 aliphatic heterocycles. The van der Waals surface area contributed by atoms with Crippen molar-refractivity contribution in [2.75, 3.05) is 19.6 Å². The summed E-state index contributed by atoms with van der Waals surface area (Å²) in [6.07, 6.45) is 12.0. The predicted octanol–water partition coefficient (Wildman–Crippen LogP) is 3.15. The number of hydrogen-bond acceptors (Lipinski definition) is 4. The van der Waals surface area contributed by atoms with E-state index in [9.17, 15) is 4.79 Å². The zero-order valence-electron chi connectivity index (χ0n) is 17.3. The monoisotopic (exact) mass is 395 g/mol. The molecule has 2 fully saturated rings. The van der Waals surface area contributed by atoms with Gasteiger partial charge in [0.25, 0.3) is 0 Å². The molecule has 2 aromatic rings. The van der Waals surface area contributed by atoms with Gasteiger partial charge in [-0.15, -0.1) is 0 Å². The lowest BCUT2D eigenvalue weighted by Crippen LogP contribution is -2.48. The Morgan fingerprint density at radius 2 is 1.90 bits per heavy atom. The lowest BCUT2D eigenvalue weighted by molar-refractivity contribution is -0.122. The van der Waals surface area contributed by atoms with Crippen LogP contribution in [0, 0.1) is 0 Å². The Kier molecular flexibility index (Phi) is 6.60. The Labute approximate surface area is 173 Å². The number of rotatable bonds is 8. The van der Waals surface area contributed by atoms with Crippen molar-refractivity contribution in [3.63, 3.8) is 0 Å². The molecule has 2 heterocycles. The minimum atomic E-state index is 0.167. The number of amides is 1. The third-order valence-corrected chi connectivity index (χ3v) is 6.68. The van der Waals surface area contributed by atoms with Crippen LogP contribution in [0.15, 0.2) is 43.0 Å². The van der Waals surface area contributed by atoms with Gasteiger partial charge in [0, 0.05) is 44.1 Å². The minimum Gasteiger partial charge on any atom is -0.353 e. The molecule has 0 spiro atoms. The van der Waals surface area contributed by atoms with Crippen molar-refractivity contribution in [3.05, 3.63) is 48.5 Å². The van der Waals surface area contributed by atoms with E-state index in [0.29, 0.717) is 17.9 Å². The molecule has 0 unspecified atom stereocenters. The van der Waals surface area contributed by atoms with Gasteiger partial charge in [0.15, 0.2) is 0 Å². The van der Waals surface area contributed by atoms with E-state index in [-0.39, 0.29) is 5.91 Å². The molecule has 4 rings (SSSR count). The van der Waals surface area contributed by atoms with Gasteiger partial charge in [-0.25, -0.2) is 4.98 Å². The molecule has 1 amide bonds. The van der Waals surface area contributed by atoms with Crippen molar-refractivity contribution in [2.45, 2.75) is 69.4 Å². The van der Waals surface area contributed by atoms with E-state index in [0.717, 1.165) is 45.4 Å². The molecular weight excluding hydrogens is 362 g/mol. The molecule has 1 saturated carbocycles. The lowest BCUT2D eigenvalue weighted by atomic mass is 9.78. The molecule has 6 heteroatoms. The quantitative estimate of drug-likeness (QED) is 0.746. The maximum Gasteiger partial charge on any atom is 0.220 e. The second-order valence-corrected chi connectivity index (χ2v) is 8.73. The summed E-state index contributed by atoms with van der Waals surface area (Å²) >= 11 is 0. The van der Waals surface area contributed by atoms with Crippen molar-refractivity contribution in [3.8, 4) is 0 Å². The summed E-state index contributed by atoms with van der Waals surface area (Å²) in [6.45, 7) is 4.07. The molecule has 1 aliphatic carbocycles. The van der Waals surface area contributed by atoms with Gasteiger partial charge in [-0.05, 0) is 37.7 Å². The highest BCUT2D eigenvalue weighted by molar-refractivity contribution is 5.76. The number of benzene rings is 1. The van der Waals surface area contributed by atoms with Gasteiger partial charge in [0.05, 0.1) is 0 Å². The average molecular weight is 396 g/mol. The second-order valence-electron chi connectivity index (χ2n) is 8.73. The fourth-order valence-corrected chi connectivity index (χ4v) is 5.09. The maximum absolute atomic E-state index is 12.3. The van der Waals surface area contributed by atoms with Crippen LogP contribution in [0.1, 0.15) is 56.9 Å². The molecule has 1 aromatic heterocycles. The SMILES string of the molecule is O=C(CCCn1cncn1)NC1CCN(CC2(c3ccccc3)CCCC2)CC1. The van der Waals surface area contributed by atoms with Crippen LogP contribution in [0.25, 0.3) is 0 Å². The van der Waals surface area contributed by atoms with Gasteiger partial charge in [-0.3, -0.25) is 9.48 Å². The van der Waals surface area contributed by atoms with E-state index in [1.165, 1.54) is 37.6 Å². The highest BCUT2D eigenvalue weighted by atomic mass is 16.1. The fourth-order valence-electron chi connectivity index (χ4n) is 5.09. The number of aryl methyl sites for hydroxylation is 1. The minimum absolute atomic E-state index is 0.167. The van der Waals surface area contributed by atoms with Gasteiger partial charge in [-0.2, -0.15) is 5.10 Å². The van der Waals surface area contributed by atoms with E-state index in [1.807, 2.05) is 0 Å². The summed E-state index contributed by atoms with van der Waals surface area (Å²) in [6, 6.07) is 11.4. The summed E-state index contributed by atoms with van der Waals surface area (Å²) in [5.74, 6) is 0.167. The number of aromatic nitrogens is 3. The van der Waals surface area contributed by atoms with Gasteiger partial charge >= 0.3 is 0 Å². The molecule has 0 atom stereocenters. The molecule has 1 aromatic carbocycles. The van der Waals surface area contributed by atoms with E-state index in [4.69, 9.17) is 0 Å². The van der Waals surface area contributed by atoms with E-state index in [1.54, 1.807) is 11.0 Å². The Bertz CT molecular complexity index is 747. The number of carbonyl (C=O) groups excluding carboxylic acids is 1. The van der Waals surface area contributed by atoms with Crippen molar-refractivity contribution in [2.24, 2.45) is 0 Å². The van der Waals surface area contributed by atoms with Crippen LogP contribution in [-0.2, 0) is 16.8 Å². The summed E-state index contributed by atoms with van der Waals surface area (Å²) in [5, 5.41) is 7.32. The lowest BCUT2D eigenvalue weighted by Gasteiger charge is -2.39. The first-order chi connectivity index (χ1) is 14.2. The number of hydrogen-bond donors (Lipinski definition) is 1. The van der Waals surface area contributed by atoms with Crippen LogP contribution in [-0.4, -0.2) is 51.2 Å². The van der Waals surface area contributed by atoms with E-state index in [2.05, 4.69) is 50.6 Å². The van der Waals surface area contributed by atoms with Crippen molar-refractivity contribution in [1.29, 1.82) is 0 Å². The highest BCUT2D eigenvalue weighted by Crippen LogP contribution is 2.42. The molecule has 6 nitrogen and oxygen atoms in total. The molecule has 1 N–H and O–H groups in total. The predicted molar refractivity (Wildman–Crippen MR) is 113 cm³/mol. The van der Waals surface area contributed by atoms with Crippen LogP contribution in [0.4, 0.5) is 0 Å². The Morgan fingerprint density at radius 1 is 1.14 bits per heavy atom. The maximum atomic E-state index is 12.3. The second kappa shape index (κ2) is 9.53. The number of carbonyl (C=O) groups is 1. The third kappa shape index (κ3) is 5.24. The fraction of sp³-hybridized carbons (Fsp3) is 0.609. The molecule has 0 radical (unpaired) electrons. The number of nitrogens with zero attached hydrogens (tertiary/aromatic N) is 4. The smallest absolute Gasteiger partial charge is 0.220 e. The summed E-state index contributed by atoms with van der Waals surface area (Å²) in [7, 11) is 0.